The van der Waals surface area contributed by atoms with Gasteiger partial charge in [0.2, 0.25) is 0 Å². The molecule has 0 aliphatic carbocycles. The molecule has 8 bridgehead atoms. The van der Waals surface area contributed by atoms with Gasteiger partial charge < -0.3 is 14.0 Å². The Bertz CT molecular complexity index is 2100. The fourth-order valence-electron chi connectivity index (χ4n) is 6.89. The van der Waals surface area contributed by atoms with Crippen LogP contribution in [0.25, 0.3) is 43.6 Å². The smallest absolute Gasteiger partial charge is 0.340 e. The summed E-state index contributed by atoms with van der Waals surface area (Å²) in [5.74, 6) is -0.315. The van der Waals surface area contributed by atoms with Crippen LogP contribution in [0, 0.1) is 0 Å². The van der Waals surface area contributed by atoms with Gasteiger partial charge in [0.15, 0.2) is 0 Å². The monoisotopic (exact) mass is 587 g/mol. The number of amides is 1. The number of aromatic nitrogens is 2. The van der Waals surface area contributed by atoms with Crippen molar-refractivity contribution in [1.82, 2.24) is 14.0 Å². The molecule has 7 heteroatoms. The van der Waals surface area contributed by atoms with Crippen molar-refractivity contribution >= 4 is 49.5 Å². The first-order valence-corrected chi connectivity index (χ1v) is 14.8. The third-order valence-electron chi connectivity index (χ3n) is 8.93. The molecule has 0 unspecified atom stereocenters. The van der Waals surface area contributed by atoms with Crippen LogP contribution < -0.4 is 0 Å². The fourth-order valence-corrected chi connectivity index (χ4v) is 6.89. The van der Waals surface area contributed by atoms with Gasteiger partial charge in [-0.15, -0.1) is 0 Å². The number of carbonyl (C=O) groups is 1. The first-order chi connectivity index (χ1) is 21.3. The number of carbonyl (C=O) groups excluding carboxylic acids is 1. The molecule has 2 aromatic heterocycles. The summed E-state index contributed by atoms with van der Waals surface area (Å²) in [7, 11) is 0. The molecule has 0 fully saturated rings. The summed E-state index contributed by atoms with van der Waals surface area (Å²) >= 11 is 0. The molecule has 0 spiro atoms. The predicted octanol–water partition coefficient (Wildman–Crippen LogP) is 9.17. The highest BCUT2D eigenvalue weighted by Crippen LogP contribution is 2.34. The molecule has 5 aromatic carbocycles. The van der Waals surface area contributed by atoms with Crippen LogP contribution in [-0.2, 0) is 32.4 Å². The van der Waals surface area contributed by atoms with E-state index in [0.717, 1.165) is 75.3 Å². The maximum atomic E-state index is 14.0. The lowest BCUT2D eigenvalue weighted by atomic mass is 10.1. The van der Waals surface area contributed by atoms with Crippen molar-refractivity contribution in [3.05, 3.63) is 131 Å². The molecule has 4 aliphatic rings. The van der Waals surface area contributed by atoms with Crippen LogP contribution in [-0.4, -0.2) is 19.9 Å². The minimum Gasteiger partial charge on any atom is -0.340 e. The Balaban J connectivity index is 1.30. The van der Waals surface area contributed by atoms with E-state index in [1.54, 1.807) is 4.90 Å². The maximum absolute atomic E-state index is 14.0. The second-order valence-electron chi connectivity index (χ2n) is 11.6. The Labute approximate surface area is 251 Å². The first kappa shape index (κ1) is 26.6. The van der Waals surface area contributed by atoms with Gasteiger partial charge in [0.1, 0.15) is 0 Å². The number of halogens is 3. The number of rotatable bonds is 1. The van der Waals surface area contributed by atoms with Crippen LogP contribution in [0.3, 0.4) is 0 Å². The fraction of sp³-hybridized carbons (Fsp3) is 0.162. The molecule has 0 N–H and O–H groups in total. The maximum Gasteiger partial charge on any atom is 0.416 e. The van der Waals surface area contributed by atoms with E-state index in [0.29, 0.717) is 13.1 Å². The average molecular weight is 588 g/mol. The molecule has 44 heavy (non-hydrogen) atoms. The number of nitrogens with zero attached hydrogens (tertiary/aromatic N) is 3. The summed E-state index contributed by atoms with van der Waals surface area (Å²) in [5, 5.41) is 4.58. The van der Waals surface area contributed by atoms with Crippen molar-refractivity contribution < 1.29 is 18.0 Å². The molecular formula is C37H28F3N3O. The molecule has 11 rings (SSSR count). The van der Waals surface area contributed by atoms with Crippen molar-refractivity contribution in [2.24, 2.45) is 0 Å². The Morgan fingerprint density at radius 2 is 1.05 bits per heavy atom. The highest BCUT2D eigenvalue weighted by Gasteiger charge is 2.30. The van der Waals surface area contributed by atoms with Gasteiger partial charge in [0.25, 0.3) is 5.91 Å². The van der Waals surface area contributed by atoms with E-state index in [1.807, 2.05) is 12.1 Å². The number of benzene rings is 5. The van der Waals surface area contributed by atoms with Gasteiger partial charge in [-0.25, -0.2) is 0 Å². The summed E-state index contributed by atoms with van der Waals surface area (Å²) in [6.07, 6.45) is -3.51. The van der Waals surface area contributed by atoms with Crippen LogP contribution in [0.15, 0.2) is 109 Å². The molecule has 218 valence electrons. The van der Waals surface area contributed by atoms with Gasteiger partial charge in [-0.2, -0.15) is 13.2 Å². The van der Waals surface area contributed by atoms with E-state index in [1.165, 1.54) is 23.2 Å². The molecule has 7 aromatic rings. The van der Waals surface area contributed by atoms with E-state index in [-0.39, 0.29) is 11.5 Å². The third-order valence-corrected chi connectivity index (χ3v) is 8.93. The van der Waals surface area contributed by atoms with Gasteiger partial charge in [-0.05, 0) is 78.2 Å². The first-order valence-electron chi connectivity index (χ1n) is 14.8. The summed E-state index contributed by atoms with van der Waals surface area (Å²) < 4.78 is 44.6. The van der Waals surface area contributed by atoms with Crippen molar-refractivity contribution in [3.8, 4) is 0 Å². The lowest BCUT2D eigenvalue weighted by Gasteiger charge is -2.24. The number of hydrogen-bond acceptors (Lipinski definition) is 1. The Morgan fingerprint density at radius 1 is 0.568 bits per heavy atom. The van der Waals surface area contributed by atoms with Crippen LogP contribution in [0.1, 0.15) is 33.5 Å². The average Bonchev–Trinajstić information content (AvgIpc) is 3.51. The second-order valence-corrected chi connectivity index (χ2v) is 11.6. The number of para-hydroxylation sites is 2. The summed E-state index contributed by atoms with van der Waals surface area (Å²) in [6.45, 7) is 2.34. The molecular weight excluding hydrogens is 559 g/mol. The van der Waals surface area contributed by atoms with Gasteiger partial charge >= 0.3 is 6.18 Å². The molecule has 0 radical (unpaired) electrons. The van der Waals surface area contributed by atoms with Gasteiger partial charge in [0.05, 0.1) is 5.56 Å². The normalized spacial score (nSPS) is 14.3. The second kappa shape index (κ2) is 10.0. The SMILES string of the molecule is O=C(c1ccc(C(F)(F)F)cc1)N1Cc2ccc3c(c2)c2ccccc2n3CCCn2c3ccccc3c3cc(ccc32)C1. The lowest BCUT2D eigenvalue weighted by molar-refractivity contribution is -0.137. The molecule has 0 saturated carbocycles. The van der Waals surface area contributed by atoms with Gasteiger partial charge in [0, 0.05) is 75.4 Å². The van der Waals surface area contributed by atoms with E-state index in [9.17, 15) is 18.0 Å². The van der Waals surface area contributed by atoms with Crippen LogP contribution in [0.4, 0.5) is 13.2 Å². The third kappa shape index (κ3) is 4.34. The summed E-state index contributed by atoms with van der Waals surface area (Å²) in [6, 6.07) is 34.0. The topological polar surface area (TPSA) is 30.2 Å². The van der Waals surface area contributed by atoms with E-state index < -0.39 is 11.7 Å². The Morgan fingerprint density at radius 3 is 1.55 bits per heavy atom. The molecule has 4 aliphatic heterocycles. The van der Waals surface area contributed by atoms with E-state index in [4.69, 9.17) is 0 Å². The van der Waals surface area contributed by atoms with E-state index in [2.05, 4.69) is 81.9 Å². The number of aryl methyl sites for hydroxylation is 2. The largest absolute Gasteiger partial charge is 0.416 e. The van der Waals surface area contributed by atoms with Crippen molar-refractivity contribution in [2.45, 2.75) is 38.8 Å². The molecule has 1 amide bonds. The highest BCUT2D eigenvalue weighted by atomic mass is 19.4. The number of fused-ring (bicyclic) bond motifs is 2. The molecule has 0 saturated heterocycles. The van der Waals surface area contributed by atoms with Crippen LogP contribution in [0.2, 0.25) is 0 Å². The summed E-state index contributed by atoms with van der Waals surface area (Å²) in [4.78, 5) is 15.7. The van der Waals surface area contributed by atoms with Crippen molar-refractivity contribution in [3.63, 3.8) is 0 Å². The predicted molar refractivity (Wildman–Crippen MR) is 169 cm³/mol. The molecule has 6 heterocycles. The summed E-state index contributed by atoms with van der Waals surface area (Å²) in [5.41, 5.74) is 6.02. The minimum absolute atomic E-state index is 0.225. The van der Waals surface area contributed by atoms with Crippen molar-refractivity contribution in [2.75, 3.05) is 0 Å². The van der Waals surface area contributed by atoms with Crippen LogP contribution >= 0.6 is 0 Å². The van der Waals surface area contributed by atoms with E-state index >= 15 is 0 Å². The molecule has 4 nitrogen and oxygen atoms in total. The van der Waals surface area contributed by atoms with Crippen LogP contribution in [0.5, 0.6) is 0 Å². The highest BCUT2D eigenvalue weighted by molar-refractivity contribution is 6.09. The minimum atomic E-state index is -4.47. The standard InChI is InChI=1S/C37H28F3N3O/c38-37(39,40)27-14-12-26(13-15-27)36(44)41-22-24-10-16-34-30(20-24)28-6-1-3-8-32(28)42(34)18-5-19-43-33-9-4-2-7-29(33)31-21-25(23-41)11-17-35(31)43/h1-4,6-17,20-21H,5,18-19,22-23H2. The number of hydrogen-bond donors (Lipinski definition) is 0. The number of alkyl halides is 3. The zero-order valence-corrected chi connectivity index (χ0v) is 23.8. The Hall–Kier alpha value is -5.04. The zero-order chi connectivity index (χ0) is 30.0. The molecule has 0 atom stereocenters. The zero-order valence-electron chi connectivity index (χ0n) is 23.8. The van der Waals surface area contributed by atoms with Crippen molar-refractivity contribution in [1.29, 1.82) is 0 Å². The Kier molecular flexibility index (Phi) is 6.05. The van der Waals surface area contributed by atoms with Gasteiger partial charge in [-0.1, -0.05) is 48.5 Å². The van der Waals surface area contributed by atoms with Gasteiger partial charge in [-0.3, -0.25) is 4.79 Å². The lowest BCUT2D eigenvalue weighted by Crippen LogP contribution is -2.30. The quantitative estimate of drug-likeness (QED) is 0.188.